The van der Waals surface area contributed by atoms with Crippen molar-refractivity contribution in [3.63, 3.8) is 0 Å². The van der Waals surface area contributed by atoms with Crippen LogP contribution in [0.3, 0.4) is 0 Å². The van der Waals surface area contributed by atoms with E-state index in [1.165, 1.54) is 16.7 Å². The fourth-order valence-corrected chi connectivity index (χ4v) is 5.89. The van der Waals surface area contributed by atoms with Gasteiger partial charge >= 0.3 is 5.69 Å². The molecule has 0 N–H and O–H groups in total. The Kier molecular flexibility index (Phi) is 6.63. The van der Waals surface area contributed by atoms with Crippen LogP contribution in [0.15, 0.2) is 42.0 Å². The number of anilines is 1. The molecule has 0 saturated carbocycles. The van der Waals surface area contributed by atoms with Gasteiger partial charge in [0.05, 0.1) is 23.0 Å². The summed E-state index contributed by atoms with van der Waals surface area (Å²) >= 11 is 0. The molecule has 11 nitrogen and oxygen atoms in total. The van der Waals surface area contributed by atoms with Gasteiger partial charge in [0.15, 0.2) is 11.5 Å². The van der Waals surface area contributed by atoms with E-state index in [4.69, 9.17) is 4.98 Å². The Morgan fingerprint density at radius 3 is 2.76 bits per heavy atom. The second kappa shape index (κ2) is 10.2. The van der Waals surface area contributed by atoms with Crippen LogP contribution < -0.4 is 10.6 Å². The van der Waals surface area contributed by atoms with E-state index >= 15 is 4.39 Å². The average molecular weight is 558 g/mol. The maximum Gasteiger partial charge on any atom is 0.355 e. The fourth-order valence-electron chi connectivity index (χ4n) is 5.89. The van der Waals surface area contributed by atoms with E-state index in [1.807, 2.05) is 38.7 Å². The number of piperazine rings is 1. The smallest absolute Gasteiger partial charge is 0.349 e. The first-order valence-corrected chi connectivity index (χ1v) is 13.9. The molecule has 6 heterocycles. The highest BCUT2D eigenvalue weighted by molar-refractivity contribution is 5.91. The number of rotatable bonds is 3. The molecule has 4 aromatic heterocycles. The maximum atomic E-state index is 15.8. The molecule has 2 atom stereocenters. The second-order valence-electron chi connectivity index (χ2n) is 11.1. The number of hydrogen-bond donors (Lipinski definition) is 0. The van der Waals surface area contributed by atoms with Gasteiger partial charge in [0.2, 0.25) is 5.91 Å². The molecule has 1 saturated heterocycles. The lowest BCUT2D eigenvalue weighted by Gasteiger charge is -2.44. The summed E-state index contributed by atoms with van der Waals surface area (Å²) in [5.74, 6) is -0.416. The van der Waals surface area contributed by atoms with E-state index in [0.717, 1.165) is 17.7 Å². The third-order valence-electron chi connectivity index (χ3n) is 7.94. The summed E-state index contributed by atoms with van der Waals surface area (Å²) in [7, 11) is 0. The van der Waals surface area contributed by atoms with Crippen molar-refractivity contribution in [3.8, 4) is 17.1 Å². The van der Waals surface area contributed by atoms with Gasteiger partial charge in [0.25, 0.3) is 0 Å². The van der Waals surface area contributed by atoms with Crippen LogP contribution in [-0.2, 0) is 17.8 Å². The first-order valence-electron chi connectivity index (χ1n) is 13.9. The predicted octanol–water partition coefficient (Wildman–Crippen LogP) is 3.25. The third kappa shape index (κ3) is 4.47. The lowest BCUT2D eigenvalue weighted by atomic mass is 10.0. The van der Waals surface area contributed by atoms with Gasteiger partial charge in [-0.3, -0.25) is 14.5 Å². The van der Waals surface area contributed by atoms with Crippen LogP contribution in [0.1, 0.15) is 51.3 Å². The van der Waals surface area contributed by atoms with Crippen LogP contribution in [0.25, 0.3) is 28.1 Å². The molecule has 1 amide bonds. The summed E-state index contributed by atoms with van der Waals surface area (Å²) in [5, 5.41) is 8.75. The van der Waals surface area contributed by atoms with E-state index < -0.39 is 11.5 Å². The minimum absolute atomic E-state index is 0.00314. The van der Waals surface area contributed by atoms with E-state index in [1.54, 1.807) is 22.0 Å². The molecule has 12 heteroatoms. The fraction of sp³-hybridized carbons (Fsp3) is 0.414. The first kappa shape index (κ1) is 26.7. The van der Waals surface area contributed by atoms with Crippen molar-refractivity contribution in [2.24, 2.45) is 0 Å². The summed E-state index contributed by atoms with van der Waals surface area (Å²) in [6.45, 7) is 12.9. The number of hydrogen-bond acceptors (Lipinski definition) is 8. The molecule has 2 aliphatic heterocycles. The number of fused-ring (bicyclic) bond motifs is 6. The van der Waals surface area contributed by atoms with Gasteiger partial charge in [-0.25, -0.2) is 18.7 Å². The number of aromatic nitrogens is 7. The molecule has 4 aromatic rings. The van der Waals surface area contributed by atoms with Crippen molar-refractivity contribution < 1.29 is 9.18 Å². The third-order valence-corrected chi connectivity index (χ3v) is 7.94. The van der Waals surface area contributed by atoms with Crippen LogP contribution in [0.5, 0.6) is 0 Å². The van der Waals surface area contributed by atoms with Gasteiger partial charge in [-0.05, 0) is 56.4 Å². The van der Waals surface area contributed by atoms with Crippen LogP contribution in [0.4, 0.5) is 10.2 Å². The molecule has 2 unspecified atom stereocenters. The van der Waals surface area contributed by atoms with Crippen molar-refractivity contribution in [1.29, 1.82) is 0 Å². The van der Waals surface area contributed by atoms with Crippen LogP contribution in [0.2, 0.25) is 0 Å². The zero-order valence-corrected chi connectivity index (χ0v) is 23.6. The number of carbonyl (C=O) groups is 1. The summed E-state index contributed by atoms with van der Waals surface area (Å²) in [4.78, 5) is 44.2. The van der Waals surface area contributed by atoms with Crippen molar-refractivity contribution in [1.82, 2.24) is 39.4 Å². The highest BCUT2D eigenvalue weighted by Gasteiger charge is 2.34. The zero-order chi connectivity index (χ0) is 29.0. The molecule has 0 spiro atoms. The number of nitrogens with zero attached hydrogens (tertiary/aromatic N) is 9. The van der Waals surface area contributed by atoms with E-state index in [-0.39, 0.29) is 40.9 Å². The topological polar surface area (TPSA) is 115 Å². The molecular weight excluding hydrogens is 525 g/mol. The van der Waals surface area contributed by atoms with Crippen LogP contribution in [0, 0.1) is 5.82 Å². The van der Waals surface area contributed by atoms with Gasteiger partial charge in [-0.1, -0.05) is 25.6 Å². The first-order chi connectivity index (χ1) is 19.7. The second-order valence-corrected chi connectivity index (χ2v) is 11.1. The van der Waals surface area contributed by atoms with E-state index in [0.29, 0.717) is 42.9 Å². The molecule has 6 rings (SSSR count). The van der Waals surface area contributed by atoms with Gasteiger partial charge in [-0.2, -0.15) is 4.98 Å². The molecule has 0 aromatic carbocycles. The molecule has 2 aliphatic rings. The normalized spacial score (nSPS) is 18.8. The minimum Gasteiger partial charge on any atom is -0.349 e. The maximum absolute atomic E-state index is 15.8. The number of carbonyl (C=O) groups excluding carboxylic acids is 1. The van der Waals surface area contributed by atoms with Crippen molar-refractivity contribution in [3.05, 3.63) is 64.7 Å². The molecule has 0 aliphatic carbocycles. The summed E-state index contributed by atoms with van der Waals surface area (Å²) in [5.41, 5.74) is 2.33. The number of aryl methyl sites for hydroxylation is 2. The number of pyridine rings is 2. The summed E-state index contributed by atoms with van der Waals surface area (Å²) in [6.07, 6.45) is 6.12. The lowest BCUT2D eigenvalue weighted by Crippen LogP contribution is -2.58. The Bertz CT molecular complexity index is 1740. The van der Waals surface area contributed by atoms with Crippen LogP contribution in [-0.4, -0.2) is 70.5 Å². The molecule has 0 radical (unpaired) electrons. The predicted molar refractivity (Wildman–Crippen MR) is 152 cm³/mol. The van der Waals surface area contributed by atoms with E-state index in [9.17, 15) is 9.59 Å². The Hall–Kier alpha value is -4.48. The SMILES string of the molecule is C=CC(=O)N1CC(C)N(c2nc(=O)n3c4nc(c(F)cc24)-c2cn(nn2)CCCc2ccnc(C(C)C)c2-3)CC1C. The number of halogens is 1. The Morgan fingerprint density at radius 1 is 1.20 bits per heavy atom. The van der Waals surface area contributed by atoms with Gasteiger partial charge in [-0.15, -0.1) is 5.10 Å². The molecule has 41 heavy (non-hydrogen) atoms. The quantitative estimate of drug-likeness (QED) is 0.353. The minimum atomic E-state index is -0.591. The highest BCUT2D eigenvalue weighted by atomic mass is 19.1. The highest BCUT2D eigenvalue weighted by Crippen LogP contribution is 2.34. The average Bonchev–Trinajstić information content (AvgIpc) is 3.41. The number of amides is 1. The Balaban J connectivity index is 1.65. The molecule has 212 valence electrons. The van der Waals surface area contributed by atoms with Gasteiger partial charge < -0.3 is 9.80 Å². The van der Waals surface area contributed by atoms with Gasteiger partial charge in [0.1, 0.15) is 17.2 Å². The Labute approximate surface area is 236 Å². The molecular formula is C29H32FN9O2. The Morgan fingerprint density at radius 2 is 2.00 bits per heavy atom. The lowest BCUT2D eigenvalue weighted by molar-refractivity contribution is -0.128. The summed E-state index contributed by atoms with van der Waals surface area (Å²) < 4.78 is 19.0. The molecule has 4 bridgehead atoms. The van der Waals surface area contributed by atoms with Crippen molar-refractivity contribution >= 4 is 22.8 Å². The zero-order valence-electron chi connectivity index (χ0n) is 23.6. The molecule has 1 fully saturated rings. The standard InChI is InChI=1S/C29H32FN9O2/c1-6-23(40)37-13-18(5)38(14-17(37)4)27-20-12-21(30)25-22-15-36(35-34-22)11-7-8-19-9-10-31-24(16(2)3)26(19)39(28(20)32-25)29(41)33-27/h6,9-10,12,15-18H,1,7-8,11,13-14H2,2-5H3. The van der Waals surface area contributed by atoms with Crippen molar-refractivity contribution in [2.45, 2.75) is 65.1 Å². The van der Waals surface area contributed by atoms with Crippen LogP contribution >= 0.6 is 0 Å². The largest absolute Gasteiger partial charge is 0.355 e. The van der Waals surface area contributed by atoms with Gasteiger partial charge in [0, 0.05) is 37.9 Å². The van der Waals surface area contributed by atoms with E-state index in [2.05, 4.69) is 26.9 Å². The monoisotopic (exact) mass is 557 g/mol. The van der Waals surface area contributed by atoms with Crippen molar-refractivity contribution in [2.75, 3.05) is 18.0 Å². The summed E-state index contributed by atoms with van der Waals surface area (Å²) in [6, 6.07) is 2.91.